The first kappa shape index (κ1) is 14.1. The van der Waals surface area contributed by atoms with Crippen molar-refractivity contribution in [3.63, 3.8) is 0 Å². The molecule has 5 heteroatoms. The van der Waals surface area contributed by atoms with E-state index >= 15 is 0 Å². The van der Waals surface area contributed by atoms with Crippen LogP contribution < -0.4 is 11.1 Å². The van der Waals surface area contributed by atoms with Gasteiger partial charge in [0, 0.05) is 4.47 Å². The van der Waals surface area contributed by atoms with E-state index in [-0.39, 0.29) is 11.9 Å². The van der Waals surface area contributed by atoms with Crippen LogP contribution >= 0.6 is 28.1 Å². The van der Waals surface area contributed by atoms with Crippen molar-refractivity contribution < 1.29 is 4.79 Å². The van der Waals surface area contributed by atoms with Crippen LogP contribution in [0, 0.1) is 0 Å². The van der Waals surface area contributed by atoms with Gasteiger partial charge in [-0.15, -0.1) is 0 Å². The van der Waals surface area contributed by atoms with Gasteiger partial charge in [0.25, 0.3) is 0 Å². The quantitative estimate of drug-likeness (QED) is 0.819. The summed E-state index contributed by atoms with van der Waals surface area (Å²) in [6.45, 7) is 1.93. The Hall–Kier alpha value is -0.940. The van der Waals surface area contributed by atoms with Crippen LogP contribution in [-0.2, 0) is 11.2 Å². The van der Waals surface area contributed by atoms with E-state index in [0.717, 1.165) is 10.0 Å². The zero-order valence-corrected chi connectivity index (χ0v) is 12.0. The van der Waals surface area contributed by atoms with E-state index in [1.807, 2.05) is 31.2 Å². The maximum atomic E-state index is 11.8. The fraction of sp³-hybridized carbons (Fsp3) is 0.333. The van der Waals surface area contributed by atoms with Gasteiger partial charge in [-0.2, -0.15) is 0 Å². The van der Waals surface area contributed by atoms with Crippen LogP contribution in [0.3, 0.4) is 0 Å². The molecule has 1 atom stereocenters. The molecule has 0 heterocycles. The van der Waals surface area contributed by atoms with Gasteiger partial charge in [-0.05, 0) is 24.1 Å². The first-order valence-electron chi connectivity index (χ1n) is 5.36. The lowest BCUT2D eigenvalue weighted by Gasteiger charge is -2.15. The molecule has 17 heavy (non-hydrogen) atoms. The summed E-state index contributed by atoms with van der Waals surface area (Å²) in [5, 5.41) is 2.81. The lowest BCUT2D eigenvalue weighted by atomic mass is 10.1. The van der Waals surface area contributed by atoms with Crippen molar-refractivity contribution in [3.05, 3.63) is 34.3 Å². The lowest BCUT2D eigenvalue weighted by Crippen LogP contribution is -2.43. The molecule has 0 fully saturated rings. The molecule has 0 aromatic heterocycles. The molecule has 0 saturated heterocycles. The SMILES string of the molecule is CCC(NC(=O)Cc1cccc(Br)c1)C(N)=S. The molecule has 1 aromatic rings. The summed E-state index contributed by atoms with van der Waals surface area (Å²) in [5.74, 6) is -0.0669. The summed E-state index contributed by atoms with van der Waals surface area (Å²) in [6, 6.07) is 7.43. The lowest BCUT2D eigenvalue weighted by molar-refractivity contribution is -0.120. The maximum absolute atomic E-state index is 11.8. The Labute approximate surface area is 115 Å². The zero-order valence-electron chi connectivity index (χ0n) is 9.57. The van der Waals surface area contributed by atoms with Crippen LogP contribution in [0.25, 0.3) is 0 Å². The van der Waals surface area contributed by atoms with Crippen LogP contribution in [0.4, 0.5) is 0 Å². The summed E-state index contributed by atoms with van der Waals surface area (Å²) in [6.07, 6.45) is 1.04. The van der Waals surface area contributed by atoms with Crippen LogP contribution in [0.5, 0.6) is 0 Å². The van der Waals surface area contributed by atoms with Gasteiger partial charge in [-0.1, -0.05) is 47.2 Å². The fourth-order valence-electron chi connectivity index (χ4n) is 1.45. The minimum atomic E-state index is -0.218. The third-order valence-electron chi connectivity index (χ3n) is 2.34. The maximum Gasteiger partial charge on any atom is 0.224 e. The second-order valence-electron chi connectivity index (χ2n) is 3.74. The Bertz CT molecular complexity index is 423. The number of nitrogens with one attached hydrogen (secondary N) is 1. The fourth-order valence-corrected chi connectivity index (χ4v) is 2.12. The van der Waals surface area contributed by atoms with Crippen LogP contribution in [0.2, 0.25) is 0 Å². The van der Waals surface area contributed by atoms with Gasteiger partial charge in [-0.25, -0.2) is 0 Å². The third kappa shape index (κ3) is 4.83. The van der Waals surface area contributed by atoms with Gasteiger partial charge in [0.2, 0.25) is 5.91 Å². The molecule has 0 spiro atoms. The molecule has 0 radical (unpaired) electrons. The van der Waals surface area contributed by atoms with E-state index in [4.69, 9.17) is 18.0 Å². The molecule has 1 unspecified atom stereocenters. The van der Waals surface area contributed by atoms with E-state index < -0.39 is 0 Å². The standard InChI is InChI=1S/C12H15BrN2OS/c1-2-10(12(14)17)15-11(16)7-8-4-3-5-9(13)6-8/h3-6,10H,2,7H2,1H3,(H2,14,17)(H,15,16). The van der Waals surface area contributed by atoms with Gasteiger partial charge in [0.05, 0.1) is 17.5 Å². The summed E-state index contributed by atoms with van der Waals surface area (Å²) < 4.78 is 0.962. The highest BCUT2D eigenvalue weighted by molar-refractivity contribution is 9.10. The highest BCUT2D eigenvalue weighted by atomic mass is 79.9. The Balaban J connectivity index is 2.58. The average Bonchev–Trinajstić information content (AvgIpc) is 2.25. The minimum absolute atomic E-state index is 0.0669. The summed E-state index contributed by atoms with van der Waals surface area (Å²) in [4.78, 5) is 12.1. The smallest absolute Gasteiger partial charge is 0.224 e. The topological polar surface area (TPSA) is 55.1 Å². The Morgan fingerprint density at radius 3 is 2.82 bits per heavy atom. The second kappa shape index (κ2) is 6.71. The predicted octanol–water partition coefficient (Wildman–Crippen LogP) is 2.17. The minimum Gasteiger partial charge on any atom is -0.392 e. The van der Waals surface area contributed by atoms with E-state index in [2.05, 4.69) is 21.2 Å². The van der Waals surface area contributed by atoms with Crippen molar-refractivity contribution in [2.45, 2.75) is 25.8 Å². The van der Waals surface area contributed by atoms with Crippen molar-refractivity contribution in [2.24, 2.45) is 5.73 Å². The number of hydrogen-bond acceptors (Lipinski definition) is 2. The molecule has 1 aromatic carbocycles. The number of carbonyl (C=O) groups is 1. The number of nitrogens with two attached hydrogens (primary N) is 1. The molecular weight excluding hydrogens is 300 g/mol. The number of hydrogen-bond donors (Lipinski definition) is 2. The summed E-state index contributed by atoms with van der Waals surface area (Å²) >= 11 is 8.24. The normalized spacial score (nSPS) is 11.9. The van der Waals surface area contributed by atoms with Crippen molar-refractivity contribution in [3.8, 4) is 0 Å². The molecule has 0 bridgehead atoms. The van der Waals surface area contributed by atoms with Gasteiger partial charge >= 0.3 is 0 Å². The van der Waals surface area contributed by atoms with Gasteiger partial charge in [0.15, 0.2) is 0 Å². The Kier molecular flexibility index (Phi) is 5.58. The molecule has 3 nitrogen and oxygen atoms in total. The molecule has 0 saturated carbocycles. The van der Waals surface area contributed by atoms with Crippen molar-refractivity contribution in [1.82, 2.24) is 5.32 Å². The molecule has 0 aliphatic carbocycles. The van der Waals surface area contributed by atoms with Crippen molar-refractivity contribution in [1.29, 1.82) is 0 Å². The van der Waals surface area contributed by atoms with Gasteiger partial charge in [-0.3, -0.25) is 4.79 Å². The number of amides is 1. The number of thiocarbonyl (C=S) groups is 1. The Morgan fingerprint density at radius 2 is 2.29 bits per heavy atom. The van der Waals surface area contributed by atoms with Crippen molar-refractivity contribution in [2.75, 3.05) is 0 Å². The van der Waals surface area contributed by atoms with Crippen LogP contribution in [-0.4, -0.2) is 16.9 Å². The number of rotatable bonds is 5. The van der Waals surface area contributed by atoms with E-state index in [1.54, 1.807) is 0 Å². The molecular formula is C12H15BrN2OS. The number of benzene rings is 1. The largest absolute Gasteiger partial charge is 0.392 e. The third-order valence-corrected chi connectivity index (χ3v) is 3.12. The zero-order chi connectivity index (χ0) is 12.8. The first-order chi connectivity index (χ1) is 8.02. The second-order valence-corrected chi connectivity index (χ2v) is 5.12. The molecule has 3 N–H and O–H groups in total. The average molecular weight is 315 g/mol. The van der Waals surface area contributed by atoms with Gasteiger partial charge in [0.1, 0.15) is 0 Å². The van der Waals surface area contributed by atoms with E-state index in [0.29, 0.717) is 17.8 Å². The molecule has 1 amide bonds. The van der Waals surface area contributed by atoms with Crippen molar-refractivity contribution >= 4 is 39.0 Å². The Morgan fingerprint density at radius 1 is 1.59 bits per heavy atom. The molecule has 0 aliphatic rings. The molecule has 92 valence electrons. The molecule has 1 rings (SSSR count). The predicted molar refractivity (Wildman–Crippen MR) is 76.9 cm³/mol. The summed E-state index contributed by atoms with van der Waals surface area (Å²) in [5.41, 5.74) is 6.48. The summed E-state index contributed by atoms with van der Waals surface area (Å²) in [7, 11) is 0. The monoisotopic (exact) mass is 314 g/mol. The van der Waals surface area contributed by atoms with Crippen LogP contribution in [0.15, 0.2) is 28.7 Å². The number of halogens is 1. The number of carbonyl (C=O) groups excluding carboxylic acids is 1. The highest BCUT2D eigenvalue weighted by Crippen LogP contribution is 2.12. The van der Waals surface area contributed by atoms with Gasteiger partial charge < -0.3 is 11.1 Å². The van der Waals surface area contributed by atoms with E-state index in [1.165, 1.54) is 0 Å². The first-order valence-corrected chi connectivity index (χ1v) is 6.56. The van der Waals surface area contributed by atoms with Crippen LogP contribution in [0.1, 0.15) is 18.9 Å². The highest BCUT2D eigenvalue weighted by Gasteiger charge is 2.12. The molecule has 0 aliphatic heterocycles. The van der Waals surface area contributed by atoms with E-state index in [9.17, 15) is 4.79 Å².